The third-order valence-corrected chi connectivity index (χ3v) is 6.34. The highest BCUT2D eigenvalue weighted by atomic mass is 35.5. The smallest absolute Gasteiger partial charge is 0.272 e. The Hall–Kier alpha value is -3.40. The summed E-state index contributed by atoms with van der Waals surface area (Å²) in [4.78, 5) is 28.8. The van der Waals surface area contributed by atoms with Crippen molar-refractivity contribution < 1.29 is 29.6 Å². The number of aliphatic hydroxyl groups is 2. The number of aliphatic hydroxyl groups excluding tert-OH is 2. The number of hydrogen-bond acceptors (Lipinski definition) is 7. The fraction of sp³-hybridized carbons (Fsp3) is 0.393. The van der Waals surface area contributed by atoms with Crippen LogP contribution in [0.5, 0.6) is 5.75 Å². The van der Waals surface area contributed by atoms with E-state index in [0.717, 1.165) is 11.1 Å². The summed E-state index contributed by atoms with van der Waals surface area (Å²) >= 11 is 6.08. The van der Waals surface area contributed by atoms with Crippen LogP contribution in [0.1, 0.15) is 60.8 Å². The van der Waals surface area contributed by atoms with Crippen LogP contribution in [0.25, 0.3) is 11.4 Å². The average molecular weight is 543 g/mol. The number of aliphatic carboxylic acids is 1. The number of rotatable bonds is 13. The molecule has 0 saturated carbocycles. The van der Waals surface area contributed by atoms with E-state index in [2.05, 4.69) is 5.32 Å². The maximum absolute atomic E-state index is 13.4. The summed E-state index contributed by atoms with van der Waals surface area (Å²) in [7, 11) is 1.58. The first-order chi connectivity index (χ1) is 18.1. The molecule has 0 spiro atoms. The normalized spacial score (nSPS) is 12.8. The van der Waals surface area contributed by atoms with Crippen LogP contribution in [0.3, 0.4) is 0 Å². The minimum absolute atomic E-state index is 0.0815. The quantitative estimate of drug-likeness (QED) is 0.302. The molecule has 10 heteroatoms. The first kappa shape index (κ1) is 29.2. The fourth-order valence-electron chi connectivity index (χ4n) is 4.30. The number of carbonyl (C=O) groups is 2. The van der Waals surface area contributed by atoms with Crippen molar-refractivity contribution in [2.45, 2.75) is 64.3 Å². The van der Waals surface area contributed by atoms with Crippen molar-refractivity contribution in [1.29, 1.82) is 0 Å². The largest absolute Gasteiger partial charge is 0.550 e. The van der Waals surface area contributed by atoms with Crippen molar-refractivity contribution in [3.63, 3.8) is 0 Å². The van der Waals surface area contributed by atoms with E-state index in [1.54, 1.807) is 19.2 Å². The molecular formula is C28H33ClN3O6-. The third-order valence-electron chi connectivity index (χ3n) is 6.09. The van der Waals surface area contributed by atoms with Gasteiger partial charge in [-0.15, -0.1) is 0 Å². The topological polar surface area (TPSA) is 137 Å². The van der Waals surface area contributed by atoms with Crippen LogP contribution in [-0.4, -0.2) is 51.0 Å². The van der Waals surface area contributed by atoms with Gasteiger partial charge in [0.2, 0.25) is 0 Å². The van der Waals surface area contributed by atoms with Crippen molar-refractivity contribution in [1.82, 2.24) is 14.9 Å². The Balaban J connectivity index is 1.90. The van der Waals surface area contributed by atoms with Gasteiger partial charge in [-0.1, -0.05) is 37.6 Å². The van der Waals surface area contributed by atoms with E-state index in [9.17, 15) is 24.9 Å². The van der Waals surface area contributed by atoms with Gasteiger partial charge in [-0.2, -0.15) is 0 Å². The van der Waals surface area contributed by atoms with Gasteiger partial charge in [0.15, 0.2) is 0 Å². The van der Waals surface area contributed by atoms with Gasteiger partial charge in [0.1, 0.15) is 17.3 Å². The molecule has 0 bridgehead atoms. The summed E-state index contributed by atoms with van der Waals surface area (Å²) in [5.41, 5.74) is 2.59. The van der Waals surface area contributed by atoms with Crippen LogP contribution in [0.15, 0.2) is 48.5 Å². The van der Waals surface area contributed by atoms with Gasteiger partial charge in [0, 0.05) is 36.1 Å². The van der Waals surface area contributed by atoms with Gasteiger partial charge in [-0.05, 0) is 60.7 Å². The van der Waals surface area contributed by atoms with Crippen molar-refractivity contribution in [2.24, 2.45) is 0 Å². The Bertz CT molecular complexity index is 1240. The molecular weight excluding hydrogens is 510 g/mol. The molecule has 1 heterocycles. The van der Waals surface area contributed by atoms with E-state index in [0.29, 0.717) is 28.8 Å². The molecule has 2 atom stereocenters. The van der Waals surface area contributed by atoms with E-state index >= 15 is 0 Å². The lowest BCUT2D eigenvalue weighted by atomic mass is 10.0. The number of carbonyl (C=O) groups excluding carboxylic acids is 2. The minimum Gasteiger partial charge on any atom is -0.550 e. The lowest BCUT2D eigenvalue weighted by Gasteiger charge is -2.19. The molecule has 0 aliphatic heterocycles. The predicted octanol–water partition coefficient (Wildman–Crippen LogP) is 2.91. The Morgan fingerprint density at radius 1 is 1.13 bits per heavy atom. The maximum atomic E-state index is 13.4. The number of carboxylic acid groups (broad SMARTS) is 1. The zero-order chi connectivity index (χ0) is 27.8. The van der Waals surface area contributed by atoms with Crippen molar-refractivity contribution in [2.75, 3.05) is 7.11 Å². The number of benzene rings is 2. The van der Waals surface area contributed by atoms with Gasteiger partial charge in [0.05, 0.1) is 25.0 Å². The molecule has 3 aromatic rings. The Morgan fingerprint density at radius 3 is 2.47 bits per heavy atom. The number of halogens is 1. The summed E-state index contributed by atoms with van der Waals surface area (Å²) in [6.07, 6.45) is -2.62. The molecule has 1 amide bonds. The number of aromatic nitrogens is 2. The Kier molecular flexibility index (Phi) is 10.3. The Morgan fingerprint density at radius 2 is 1.84 bits per heavy atom. The first-order valence-corrected chi connectivity index (χ1v) is 12.8. The van der Waals surface area contributed by atoms with E-state index in [4.69, 9.17) is 21.3 Å². The summed E-state index contributed by atoms with van der Waals surface area (Å²) in [6, 6.07) is 14.5. The minimum atomic E-state index is -1.38. The van der Waals surface area contributed by atoms with Crippen LogP contribution in [0.4, 0.5) is 0 Å². The number of ether oxygens (including phenoxy) is 1. The molecule has 0 saturated heterocycles. The molecule has 2 aromatic carbocycles. The van der Waals surface area contributed by atoms with Crippen LogP contribution in [0.2, 0.25) is 5.02 Å². The van der Waals surface area contributed by atoms with Crippen molar-refractivity contribution >= 4 is 23.5 Å². The number of amides is 1. The van der Waals surface area contributed by atoms with Gasteiger partial charge in [-0.3, -0.25) is 4.79 Å². The van der Waals surface area contributed by atoms with E-state index in [1.165, 1.54) is 0 Å². The standard InChI is InChI=1S/C28H34ClN3O6/c1-17(2)26-25(28(37)30-16-18-5-4-6-23(13-18)38-3)31-27(19-7-9-20(29)10-8-19)32(26)12-11-21(33)14-22(34)15-24(35)36/h4-10,13,17,21-22,33-34H,11-12,14-16H2,1-3H3,(H,30,37)(H,35,36)/p-1/t21-,22-/m1/s1. The number of nitrogens with zero attached hydrogens (tertiary/aromatic N) is 2. The molecule has 0 unspecified atom stereocenters. The second kappa shape index (κ2) is 13.4. The molecule has 204 valence electrons. The van der Waals surface area contributed by atoms with Gasteiger partial charge in [-0.25, -0.2) is 4.98 Å². The van der Waals surface area contributed by atoms with Crippen molar-refractivity contribution in [3.05, 3.63) is 70.5 Å². The lowest BCUT2D eigenvalue weighted by Crippen LogP contribution is -2.29. The van der Waals surface area contributed by atoms with Gasteiger partial charge >= 0.3 is 0 Å². The van der Waals surface area contributed by atoms with Crippen LogP contribution in [-0.2, 0) is 17.9 Å². The average Bonchev–Trinajstić information content (AvgIpc) is 3.26. The molecule has 0 fully saturated rings. The second-order valence-corrected chi connectivity index (χ2v) is 9.86. The number of hydrogen-bond donors (Lipinski definition) is 3. The SMILES string of the molecule is COc1cccc(CNC(=O)c2nc(-c3ccc(Cl)cc3)n(CC[C@@H](O)C[C@@H](O)CC(=O)[O-])c2C(C)C)c1. The molecule has 0 aliphatic carbocycles. The monoisotopic (exact) mass is 542 g/mol. The van der Waals surface area contributed by atoms with Crippen molar-refractivity contribution in [3.8, 4) is 17.1 Å². The highest BCUT2D eigenvalue weighted by molar-refractivity contribution is 6.30. The summed E-state index contributed by atoms with van der Waals surface area (Å²) in [5, 5.41) is 34.6. The summed E-state index contributed by atoms with van der Waals surface area (Å²) in [6.45, 7) is 4.49. The van der Waals surface area contributed by atoms with E-state index < -0.39 is 24.6 Å². The highest BCUT2D eigenvalue weighted by Gasteiger charge is 2.26. The van der Waals surface area contributed by atoms with E-state index in [-0.39, 0.29) is 36.9 Å². The van der Waals surface area contributed by atoms with Crippen LogP contribution < -0.4 is 15.2 Å². The molecule has 0 aliphatic rings. The number of methoxy groups -OCH3 is 1. The number of nitrogens with one attached hydrogen (secondary N) is 1. The molecule has 3 rings (SSSR count). The zero-order valence-corrected chi connectivity index (χ0v) is 22.4. The molecule has 1 aromatic heterocycles. The van der Waals surface area contributed by atoms with E-state index in [1.807, 2.05) is 54.8 Å². The molecule has 0 radical (unpaired) electrons. The molecule has 3 N–H and O–H groups in total. The van der Waals surface area contributed by atoms with Gasteiger partial charge in [0.25, 0.3) is 5.91 Å². The highest BCUT2D eigenvalue weighted by Crippen LogP contribution is 2.29. The predicted molar refractivity (Wildman–Crippen MR) is 142 cm³/mol. The number of carboxylic acids is 1. The van der Waals surface area contributed by atoms with Crippen LogP contribution >= 0.6 is 11.6 Å². The lowest BCUT2D eigenvalue weighted by molar-refractivity contribution is -0.307. The molecule has 9 nitrogen and oxygen atoms in total. The third kappa shape index (κ3) is 7.80. The van der Waals surface area contributed by atoms with Crippen LogP contribution in [0, 0.1) is 0 Å². The Labute approximate surface area is 227 Å². The second-order valence-electron chi connectivity index (χ2n) is 9.42. The molecule has 38 heavy (non-hydrogen) atoms. The summed E-state index contributed by atoms with van der Waals surface area (Å²) < 4.78 is 7.15. The zero-order valence-electron chi connectivity index (χ0n) is 21.7. The maximum Gasteiger partial charge on any atom is 0.272 e. The number of imidazole rings is 1. The van der Waals surface area contributed by atoms with Gasteiger partial charge < -0.3 is 34.7 Å². The fourth-order valence-corrected chi connectivity index (χ4v) is 4.42. The first-order valence-electron chi connectivity index (χ1n) is 12.4. The summed E-state index contributed by atoms with van der Waals surface area (Å²) in [5.74, 6) is -0.565.